The Morgan fingerprint density at radius 3 is 2.34 bits per heavy atom. The molecule has 0 saturated carbocycles. The highest BCUT2D eigenvalue weighted by Gasteiger charge is 2.13. The fourth-order valence-electron chi connectivity index (χ4n) is 3.18. The molecule has 2 heterocycles. The Balaban J connectivity index is 1.75. The van der Waals surface area contributed by atoms with Gasteiger partial charge < -0.3 is 4.74 Å². The van der Waals surface area contributed by atoms with E-state index < -0.39 is 0 Å². The van der Waals surface area contributed by atoms with Crippen LogP contribution in [0.5, 0.6) is 5.75 Å². The maximum absolute atomic E-state index is 12.8. The summed E-state index contributed by atoms with van der Waals surface area (Å²) in [4.78, 5) is 29.1. The lowest BCUT2D eigenvalue weighted by molar-refractivity contribution is -0.131. The third-order valence-electron chi connectivity index (χ3n) is 4.52. The minimum atomic E-state index is -0.357. The van der Waals surface area contributed by atoms with Gasteiger partial charge in [0.1, 0.15) is 5.75 Å². The molecule has 0 saturated heterocycles. The Morgan fingerprint density at radius 2 is 1.76 bits per heavy atom. The molecule has 2 aromatic heterocycles. The SMILES string of the molecule is CC(=O)Oc1c(C)cc(C=c2sc3nc(-c4ccc(C)cc4)nn3c2=O)cc1C. The summed E-state index contributed by atoms with van der Waals surface area (Å²) in [6, 6.07) is 11.7. The molecule has 0 atom stereocenters. The van der Waals surface area contributed by atoms with Crippen LogP contribution in [-0.4, -0.2) is 20.6 Å². The van der Waals surface area contributed by atoms with Gasteiger partial charge in [0.2, 0.25) is 4.96 Å². The van der Waals surface area contributed by atoms with Crippen molar-refractivity contribution in [2.24, 2.45) is 0 Å². The third-order valence-corrected chi connectivity index (χ3v) is 5.48. The summed E-state index contributed by atoms with van der Waals surface area (Å²) in [6.45, 7) is 7.14. The maximum atomic E-state index is 12.8. The second kappa shape index (κ2) is 7.25. The van der Waals surface area contributed by atoms with Gasteiger partial charge in [0.15, 0.2) is 5.82 Å². The van der Waals surface area contributed by atoms with E-state index in [-0.39, 0.29) is 11.5 Å². The van der Waals surface area contributed by atoms with E-state index in [2.05, 4.69) is 10.1 Å². The highest BCUT2D eigenvalue weighted by atomic mass is 32.1. The van der Waals surface area contributed by atoms with Crippen LogP contribution in [0.15, 0.2) is 41.2 Å². The van der Waals surface area contributed by atoms with E-state index in [1.165, 1.54) is 22.8 Å². The van der Waals surface area contributed by atoms with E-state index in [1.54, 1.807) is 0 Å². The first-order chi connectivity index (χ1) is 13.8. The predicted octanol–water partition coefficient (Wildman–Crippen LogP) is 3.22. The first kappa shape index (κ1) is 19.0. The molecule has 0 amide bonds. The molecule has 146 valence electrons. The van der Waals surface area contributed by atoms with Crippen LogP contribution in [0.1, 0.15) is 29.2 Å². The average molecular weight is 405 g/mol. The Labute approximate surface area is 171 Å². The Hall–Kier alpha value is -3.32. The fourth-order valence-corrected chi connectivity index (χ4v) is 4.09. The zero-order valence-electron chi connectivity index (χ0n) is 16.5. The summed E-state index contributed by atoms with van der Waals surface area (Å²) in [5.41, 5.74) is 4.36. The number of ether oxygens (including phenoxy) is 1. The zero-order chi connectivity index (χ0) is 20.7. The highest BCUT2D eigenvalue weighted by Crippen LogP contribution is 2.25. The van der Waals surface area contributed by atoms with Crippen molar-refractivity contribution in [3.63, 3.8) is 0 Å². The lowest BCUT2D eigenvalue weighted by atomic mass is 10.1. The minimum Gasteiger partial charge on any atom is -0.426 e. The lowest BCUT2D eigenvalue weighted by Crippen LogP contribution is -2.23. The molecule has 0 unspecified atom stereocenters. The molecule has 0 spiro atoms. The molecule has 7 heteroatoms. The largest absolute Gasteiger partial charge is 0.426 e. The fraction of sp³-hybridized carbons (Fsp3) is 0.182. The van der Waals surface area contributed by atoms with Gasteiger partial charge in [0, 0.05) is 12.5 Å². The Kier molecular flexibility index (Phi) is 4.76. The van der Waals surface area contributed by atoms with E-state index in [0.29, 0.717) is 21.1 Å². The molecule has 4 aromatic rings. The predicted molar refractivity (Wildman–Crippen MR) is 113 cm³/mol. The van der Waals surface area contributed by atoms with Gasteiger partial charge in [-0.15, -0.1) is 5.10 Å². The van der Waals surface area contributed by atoms with Gasteiger partial charge in [-0.05, 0) is 55.7 Å². The number of nitrogens with zero attached hydrogens (tertiary/aromatic N) is 3. The van der Waals surface area contributed by atoms with Gasteiger partial charge in [-0.1, -0.05) is 41.2 Å². The van der Waals surface area contributed by atoms with E-state index in [1.807, 2.05) is 63.2 Å². The van der Waals surface area contributed by atoms with Crippen molar-refractivity contribution >= 4 is 28.3 Å². The van der Waals surface area contributed by atoms with Gasteiger partial charge in [0.25, 0.3) is 5.56 Å². The molecule has 6 nitrogen and oxygen atoms in total. The van der Waals surface area contributed by atoms with Crippen molar-refractivity contribution in [1.29, 1.82) is 0 Å². The number of hydrogen-bond donors (Lipinski definition) is 0. The van der Waals surface area contributed by atoms with Crippen LogP contribution >= 0.6 is 11.3 Å². The molecular weight excluding hydrogens is 386 g/mol. The normalized spacial score (nSPS) is 11.9. The molecule has 0 N–H and O–H groups in total. The maximum Gasteiger partial charge on any atom is 0.308 e. The number of carbonyl (C=O) groups excluding carboxylic acids is 1. The highest BCUT2D eigenvalue weighted by molar-refractivity contribution is 7.15. The van der Waals surface area contributed by atoms with Crippen molar-refractivity contribution in [1.82, 2.24) is 14.6 Å². The number of carbonyl (C=O) groups is 1. The van der Waals surface area contributed by atoms with Crippen molar-refractivity contribution in [3.8, 4) is 17.1 Å². The van der Waals surface area contributed by atoms with E-state index in [4.69, 9.17) is 4.74 Å². The first-order valence-electron chi connectivity index (χ1n) is 9.10. The molecule has 0 radical (unpaired) electrons. The smallest absolute Gasteiger partial charge is 0.308 e. The second-order valence-corrected chi connectivity index (χ2v) is 8.00. The molecule has 0 aliphatic rings. The molecule has 0 aliphatic carbocycles. The average Bonchev–Trinajstić information content (AvgIpc) is 3.19. The van der Waals surface area contributed by atoms with Crippen molar-refractivity contribution < 1.29 is 9.53 Å². The molecular formula is C22H19N3O3S. The van der Waals surface area contributed by atoms with E-state index in [0.717, 1.165) is 27.8 Å². The summed E-state index contributed by atoms with van der Waals surface area (Å²) in [7, 11) is 0. The van der Waals surface area contributed by atoms with Gasteiger partial charge in [-0.2, -0.15) is 9.50 Å². The summed E-state index contributed by atoms with van der Waals surface area (Å²) in [5, 5.41) is 4.38. The summed E-state index contributed by atoms with van der Waals surface area (Å²) >= 11 is 1.30. The summed E-state index contributed by atoms with van der Waals surface area (Å²) < 4.78 is 7.16. The molecule has 2 aromatic carbocycles. The number of benzene rings is 2. The number of esters is 1. The second-order valence-electron chi connectivity index (χ2n) is 6.99. The third kappa shape index (κ3) is 3.69. The Morgan fingerprint density at radius 1 is 1.10 bits per heavy atom. The minimum absolute atomic E-state index is 0.199. The van der Waals surface area contributed by atoms with Gasteiger partial charge >= 0.3 is 5.97 Å². The van der Waals surface area contributed by atoms with Gasteiger partial charge in [0.05, 0.1) is 4.53 Å². The molecule has 0 fully saturated rings. The number of rotatable bonds is 3. The molecule has 4 rings (SSSR count). The van der Waals surface area contributed by atoms with Crippen LogP contribution < -0.4 is 14.8 Å². The zero-order valence-corrected chi connectivity index (χ0v) is 17.3. The van der Waals surface area contributed by atoms with Gasteiger partial charge in [-0.3, -0.25) is 9.59 Å². The molecule has 0 bridgehead atoms. The first-order valence-corrected chi connectivity index (χ1v) is 9.91. The van der Waals surface area contributed by atoms with Crippen LogP contribution in [0.3, 0.4) is 0 Å². The van der Waals surface area contributed by atoms with Crippen molar-refractivity contribution in [2.75, 3.05) is 0 Å². The summed E-state index contributed by atoms with van der Waals surface area (Å²) in [5.74, 6) is 0.740. The number of hydrogen-bond acceptors (Lipinski definition) is 6. The van der Waals surface area contributed by atoms with Crippen LogP contribution in [0.2, 0.25) is 0 Å². The number of thiazole rings is 1. The topological polar surface area (TPSA) is 73.6 Å². The quantitative estimate of drug-likeness (QED) is 0.387. The van der Waals surface area contributed by atoms with Crippen LogP contribution in [-0.2, 0) is 4.79 Å². The molecule has 29 heavy (non-hydrogen) atoms. The van der Waals surface area contributed by atoms with Crippen LogP contribution in [0.4, 0.5) is 0 Å². The summed E-state index contributed by atoms with van der Waals surface area (Å²) in [6.07, 6.45) is 1.81. The number of aromatic nitrogens is 3. The standard InChI is InChI=1S/C22H19N3O3S/c1-12-5-7-17(8-6-12)20-23-22-25(24-20)21(27)18(29-22)11-16-9-13(2)19(14(3)10-16)28-15(4)26/h5-11H,1-4H3. The van der Waals surface area contributed by atoms with Crippen LogP contribution in [0, 0.1) is 20.8 Å². The van der Waals surface area contributed by atoms with E-state index in [9.17, 15) is 9.59 Å². The Bertz CT molecular complexity index is 1330. The van der Waals surface area contributed by atoms with Crippen molar-refractivity contribution in [3.05, 3.63) is 73.5 Å². The van der Waals surface area contributed by atoms with Gasteiger partial charge in [-0.25, -0.2) is 0 Å². The number of aryl methyl sites for hydroxylation is 3. The molecule has 0 aliphatic heterocycles. The van der Waals surface area contributed by atoms with E-state index >= 15 is 0 Å². The lowest BCUT2D eigenvalue weighted by Gasteiger charge is -2.10. The number of fused-ring (bicyclic) bond motifs is 1. The van der Waals surface area contributed by atoms with Crippen molar-refractivity contribution in [2.45, 2.75) is 27.7 Å². The monoisotopic (exact) mass is 405 g/mol. The van der Waals surface area contributed by atoms with Crippen LogP contribution in [0.25, 0.3) is 22.4 Å².